The van der Waals surface area contributed by atoms with Crippen molar-refractivity contribution in [1.82, 2.24) is 20.9 Å². The van der Waals surface area contributed by atoms with Gasteiger partial charge in [0.15, 0.2) is 0 Å². The number of ether oxygens (including phenoxy) is 1. The highest BCUT2D eigenvalue weighted by molar-refractivity contribution is 5.98. The van der Waals surface area contributed by atoms with E-state index >= 15 is 0 Å². The summed E-state index contributed by atoms with van der Waals surface area (Å²) >= 11 is 0. The fraction of sp³-hybridized carbons (Fsp3) is 0.625. The molecule has 0 fully saturated rings. The summed E-state index contributed by atoms with van der Waals surface area (Å²) in [7, 11) is 1.62. The highest BCUT2D eigenvalue weighted by Crippen LogP contribution is 2.18. The summed E-state index contributed by atoms with van der Waals surface area (Å²) in [4.78, 5) is 75.4. The van der Waals surface area contributed by atoms with Gasteiger partial charge in [0.2, 0.25) is 17.7 Å². The summed E-state index contributed by atoms with van der Waals surface area (Å²) in [5.41, 5.74) is 5.87. The van der Waals surface area contributed by atoms with Crippen molar-refractivity contribution in [2.75, 3.05) is 25.5 Å². The van der Waals surface area contributed by atoms with Crippen LogP contribution in [0, 0.1) is 11.3 Å². The fourth-order valence-electron chi connectivity index (χ4n) is 4.17. The minimum Gasteiger partial charge on any atom is -0.445 e. The third kappa shape index (κ3) is 15.4. The van der Waals surface area contributed by atoms with Crippen LogP contribution >= 0.6 is 0 Å². The molecule has 2 atom stereocenters. The van der Waals surface area contributed by atoms with E-state index < -0.39 is 41.4 Å². The maximum atomic E-state index is 13.2. The number of benzene rings is 1. The van der Waals surface area contributed by atoms with Crippen molar-refractivity contribution < 1.29 is 33.5 Å². The second kappa shape index (κ2) is 19.3. The van der Waals surface area contributed by atoms with Crippen LogP contribution in [0.2, 0.25) is 0 Å². The van der Waals surface area contributed by atoms with E-state index in [1.165, 1.54) is 4.90 Å². The molecule has 0 aliphatic heterocycles. The van der Waals surface area contributed by atoms with Crippen LogP contribution in [0.5, 0.6) is 0 Å². The van der Waals surface area contributed by atoms with Crippen LogP contribution in [-0.2, 0) is 30.5 Å². The van der Waals surface area contributed by atoms with Crippen molar-refractivity contribution in [1.29, 1.82) is 0 Å². The van der Waals surface area contributed by atoms with Gasteiger partial charge in [0.25, 0.3) is 0 Å². The fourth-order valence-corrected chi connectivity index (χ4v) is 4.17. The Bertz CT molecular complexity index is 1150. The van der Waals surface area contributed by atoms with E-state index in [1.807, 2.05) is 27.7 Å². The molecule has 0 bridgehead atoms. The van der Waals surface area contributed by atoms with E-state index in [2.05, 4.69) is 21.3 Å². The molecular weight excluding hydrogens is 580 g/mol. The van der Waals surface area contributed by atoms with Crippen molar-refractivity contribution in [3.05, 3.63) is 29.8 Å². The van der Waals surface area contributed by atoms with Crippen molar-refractivity contribution in [3.8, 4) is 0 Å². The lowest BCUT2D eigenvalue weighted by Crippen LogP contribution is -2.54. The first kappa shape index (κ1) is 38.9. The number of Topliss-reactive ketones (excluding diaryl/α,β-unsaturated/α-hetero) is 1. The number of anilines is 1. The summed E-state index contributed by atoms with van der Waals surface area (Å²) < 4.78 is 5.37. The molecule has 0 aliphatic carbocycles. The number of nitrogens with one attached hydrogen (secondary N) is 4. The summed E-state index contributed by atoms with van der Waals surface area (Å²) in [6.07, 6.45) is 1.91. The zero-order chi connectivity index (χ0) is 34.2. The molecule has 0 saturated heterocycles. The second-order valence-electron chi connectivity index (χ2n) is 12.5. The molecule has 0 radical (unpaired) electrons. The van der Waals surface area contributed by atoms with Crippen LogP contribution < -0.4 is 27.0 Å². The number of hydrogen-bond donors (Lipinski definition) is 5. The van der Waals surface area contributed by atoms with E-state index in [0.717, 1.165) is 0 Å². The number of carbonyl (C=O) groups is 6. The molecule has 252 valence electrons. The number of rotatable bonds is 18. The predicted octanol–water partition coefficient (Wildman–Crippen LogP) is 3.46. The number of primary amides is 1. The zero-order valence-electron chi connectivity index (χ0n) is 27.8. The SMILES string of the molecule is CCCC(=O)N[C@H](C(=O)N[C@@H](CCCNC(N)=O)C(=O)Nc1ccc(COC(=O)N(C)CCCC(=O)C(C)(C)C)cc1)C(C)C. The number of carbonyl (C=O) groups excluding carboxylic acids is 6. The Morgan fingerprint density at radius 3 is 2.13 bits per heavy atom. The molecule has 1 aromatic rings. The minimum atomic E-state index is -0.952. The molecule has 1 rings (SSSR count). The second-order valence-corrected chi connectivity index (χ2v) is 12.5. The molecule has 0 saturated carbocycles. The lowest BCUT2D eigenvalue weighted by Gasteiger charge is -2.25. The van der Waals surface area contributed by atoms with Crippen molar-refractivity contribution in [2.45, 2.75) is 98.8 Å². The Hall–Kier alpha value is -4.16. The lowest BCUT2D eigenvalue weighted by atomic mass is 9.88. The predicted molar refractivity (Wildman–Crippen MR) is 172 cm³/mol. The average molecular weight is 633 g/mol. The van der Waals surface area contributed by atoms with Gasteiger partial charge in [-0.05, 0) is 49.3 Å². The number of urea groups is 1. The third-order valence-corrected chi connectivity index (χ3v) is 6.97. The highest BCUT2D eigenvalue weighted by atomic mass is 16.6. The van der Waals surface area contributed by atoms with Gasteiger partial charge >= 0.3 is 12.1 Å². The van der Waals surface area contributed by atoms with Crippen molar-refractivity contribution >= 4 is 41.3 Å². The summed E-state index contributed by atoms with van der Waals surface area (Å²) in [6.45, 7) is 11.7. The molecule has 0 heterocycles. The van der Waals surface area contributed by atoms with Crippen molar-refractivity contribution in [3.63, 3.8) is 0 Å². The smallest absolute Gasteiger partial charge is 0.409 e. The molecular formula is C32H52N6O7. The van der Waals surface area contributed by atoms with E-state index in [0.29, 0.717) is 43.5 Å². The molecule has 13 heteroatoms. The van der Waals surface area contributed by atoms with Crippen LogP contribution in [0.3, 0.4) is 0 Å². The van der Waals surface area contributed by atoms with Gasteiger partial charge in [-0.15, -0.1) is 0 Å². The van der Waals surface area contributed by atoms with Crippen LogP contribution in [0.25, 0.3) is 0 Å². The molecule has 0 unspecified atom stereocenters. The summed E-state index contributed by atoms with van der Waals surface area (Å²) in [5.74, 6) is -1.29. The summed E-state index contributed by atoms with van der Waals surface area (Å²) in [5, 5.41) is 10.7. The molecule has 6 N–H and O–H groups in total. The molecule has 0 aliphatic rings. The van der Waals surface area contributed by atoms with E-state index in [-0.39, 0.29) is 43.6 Å². The quantitative estimate of drug-likeness (QED) is 0.153. The van der Waals surface area contributed by atoms with Gasteiger partial charge in [0, 0.05) is 44.1 Å². The van der Waals surface area contributed by atoms with Crippen molar-refractivity contribution in [2.24, 2.45) is 17.1 Å². The third-order valence-electron chi connectivity index (χ3n) is 6.97. The maximum Gasteiger partial charge on any atom is 0.409 e. The van der Waals surface area contributed by atoms with E-state index in [9.17, 15) is 28.8 Å². The Kier molecular flexibility index (Phi) is 16.6. The zero-order valence-corrected chi connectivity index (χ0v) is 27.8. The molecule has 45 heavy (non-hydrogen) atoms. The van der Waals surface area contributed by atoms with Gasteiger partial charge in [-0.25, -0.2) is 9.59 Å². The largest absolute Gasteiger partial charge is 0.445 e. The molecule has 13 nitrogen and oxygen atoms in total. The van der Waals surface area contributed by atoms with Gasteiger partial charge in [0.05, 0.1) is 0 Å². The normalized spacial score (nSPS) is 12.4. The molecule has 6 amide bonds. The Morgan fingerprint density at radius 2 is 1.58 bits per heavy atom. The van der Waals surface area contributed by atoms with Crippen LogP contribution in [0.15, 0.2) is 24.3 Å². The first-order valence-corrected chi connectivity index (χ1v) is 15.5. The molecule has 0 aromatic heterocycles. The van der Waals surface area contributed by atoms with Crippen LogP contribution in [-0.4, -0.2) is 72.7 Å². The number of nitrogens with two attached hydrogens (primary N) is 1. The summed E-state index contributed by atoms with van der Waals surface area (Å²) in [6, 6.07) is 4.24. The van der Waals surface area contributed by atoms with Gasteiger partial charge in [0.1, 0.15) is 24.5 Å². The Balaban J connectivity index is 2.79. The van der Waals surface area contributed by atoms with E-state index in [4.69, 9.17) is 10.5 Å². The highest BCUT2D eigenvalue weighted by Gasteiger charge is 2.28. The first-order valence-electron chi connectivity index (χ1n) is 15.5. The maximum absolute atomic E-state index is 13.2. The van der Waals surface area contributed by atoms with Gasteiger partial charge in [-0.2, -0.15) is 0 Å². The number of ketones is 1. The number of amides is 6. The topological polar surface area (TPSA) is 189 Å². The molecule has 1 aromatic carbocycles. The van der Waals surface area contributed by atoms with Crippen LogP contribution in [0.1, 0.15) is 85.6 Å². The lowest BCUT2D eigenvalue weighted by molar-refractivity contribution is -0.132. The molecule has 0 spiro atoms. The van der Waals surface area contributed by atoms with Crippen LogP contribution in [0.4, 0.5) is 15.3 Å². The van der Waals surface area contributed by atoms with Gasteiger partial charge < -0.3 is 36.6 Å². The van der Waals surface area contributed by atoms with Gasteiger partial charge in [-0.1, -0.05) is 53.7 Å². The minimum absolute atomic E-state index is 0.0181. The van der Waals surface area contributed by atoms with Gasteiger partial charge in [-0.3, -0.25) is 19.2 Å². The standard InChI is InChI=1S/C32H52N6O7/c1-8-11-26(40)37-27(21(2)3)29(42)36-24(12-9-18-34-30(33)43)28(41)35-23-16-14-22(15-17-23)20-45-31(44)38(7)19-10-13-25(39)32(4,5)6/h14-17,21,24,27H,8-13,18-20H2,1-7H3,(H,35,41)(H,36,42)(H,37,40)(H3,33,34,43)/t24-,27-/m0/s1. The number of nitrogens with zero attached hydrogens (tertiary/aromatic N) is 1. The average Bonchev–Trinajstić information content (AvgIpc) is 2.95. The number of hydrogen-bond acceptors (Lipinski definition) is 7. The van der Waals surface area contributed by atoms with E-state index in [1.54, 1.807) is 45.2 Å². The Labute approximate surface area is 266 Å². The Morgan fingerprint density at radius 1 is 0.933 bits per heavy atom. The monoisotopic (exact) mass is 632 g/mol. The first-order chi connectivity index (χ1) is 21.0.